The van der Waals surface area contributed by atoms with Crippen LogP contribution in [0.25, 0.3) is 11.4 Å². The van der Waals surface area contributed by atoms with Crippen molar-refractivity contribution in [2.24, 2.45) is 5.84 Å². The van der Waals surface area contributed by atoms with Gasteiger partial charge in [-0.05, 0) is 32.9 Å². The Kier molecular flexibility index (Phi) is 3.72. The van der Waals surface area contributed by atoms with Crippen molar-refractivity contribution in [1.82, 2.24) is 20.3 Å². The summed E-state index contributed by atoms with van der Waals surface area (Å²) in [6.07, 6.45) is 1.91. The monoisotopic (exact) mass is 341 g/mol. The predicted molar refractivity (Wildman–Crippen MR) is 90.2 cm³/mol. The molecule has 4 N–H and O–H groups in total. The summed E-state index contributed by atoms with van der Waals surface area (Å²) in [5.74, 6) is 4.81. The molecule has 0 spiro atoms. The van der Waals surface area contributed by atoms with E-state index >= 15 is 0 Å². The standard InChI is InChI=1S/C17H19N5O3/c1-16(2,3)22(15(24)25)17(14(23)21-18)10-6-4-8-19-12(10)13-11(17)7-5-9-20-13/h4-9H,18H2,1-3H3,(H,21,23)(H,24,25). The summed E-state index contributed by atoms with van der Waals surface area (Å²) in [5, 5.41) is 9.99. The Labute approximate surface area is 144 Å². The number of rotatable bonds is 2. The molecule has 0 fully saturated rings. The highest BCUT2D eigenvalue weighted by Crippen LogP contribution is 2.51. The van der Waals surface area contributed by atoms with Crippen molar-refractivity contribution < 1.29 is 14.7 Å². The van der Waals surface area contributed by atoms with Crippen LogP contribution in [0.4, 0.5) is 4.79 Å². The van der Waals surface area contributed by atoms with Crippen molar-refractivity contribution in [2.75, 3.05) is 0 Å². The molecule has 130 valence electrons. The molecule has 25 heavy (non-hydrogen) atoms. The number of hydrogen-bond donors (Lipinski definition) is 3. The van der Waals surface area contributed by atoms with Gasteiger partial charge in [0.05, 0.1) is 11.4 Å². The van der Waals surface area contributed by atoms with E-state index < -0.39 is 23.1 Å². The number of hydrogen-bond acceptors (Lipinski definition) is 5. The van der Waals surface area contributed by atoms with E-state index in [9.17, 15) is 14.7 Å². The number of pyridine rings is 2. The van der Waals surface area contributed by atoms with Crippen LogP contribution >= 0.6 is 0 Å². The van der Waals surface area contributed by atoms with E-state index in [-0.39, 0.29) is 0 Å². The summed E-state index contributed by atoms with van der Waals surface area (Å²) in [6.45, 7) is 5.16. The van der Waals surface area contributed by atoms with Crippen LogP contribution in [0.3, 0.4) is 0 Å². The Hall–Kier alpha value is -3.00. The quantitative estimate of drug-likeness (QED) is 0.432. The average Bonchev–Trinajstić information content (AvgIpc) is 2.85. The third kappa shape index (κ3) is 2.18. The highest BCUT2D eigenvalue weighted by Gasteiger charge is 2.59. The zero-order valence-corrected chi connectivity index (χ0v) is 14.1. The molecule has 1 aliphatic rings. The molecule has 3 rings (SSSR count). The van der Waals surface area contributed by atoms with Crippen molar-refractivity contribution in [3.8, 4) is 11.4 Å². The van der Waals surface area contributed by atoms with Crippen molar-refractivity contribution >= 4 is 12.0 Å². The highest BCUT2D eigenvalue weighted by molar-refractivity contribution is 6.00. The molecule has 0 bridgehead atoms. The minimum atomic E-state index is -1.67. The smallest absolute Gasteiger partial charge is 0.409 e. The highest BCUT2D eigenvalue weighted by atomic mass is 16.4. The predicted octanol–water partition coefficient (Wildman–Crippen LogP) is 1.47. The molecule has 0 unspecified atom stereocenters. The summed E-state index contributed by atoms with van der Waals surface area (Å²) in [7, 11) is 0. The van der Waals surface area contributed by atoms with Crippen LogP contribution in [0, 0.1) is 0 Å². The molecule has 8 heteroatoms. The number of carboxylic acid groups (broad SMARTS) is 1. The van der Waals surface area contributed by atoms with Crippen LogP contribution in [-0.2, 0) is 10.3 Å². The lowest BCUT2D eigenvalue weighted by atomic mass is 9.82. The SMILES string of the molecule is CC(C)(C)N(C(=O)O)C1(C(=O)NN)c2cccnc2-c2ncccc21. The molecular formula is C17H19N5O3. The van der Waals surface area contributed by atoms with Gasteiger partial charge in [-0.25, -0.2) is 10.6 Å². The number of carbonyl (C=O) groups is 2. The van der Waals surface area contributed by atoms with Crippen LogP contribution in [0.1, 0.15) is 31.9 Å². The molecule has 0 atom stereocenters. The zero-order chi connectivity index (χ0) is 18.4. The van der Waals surface area contributed by atoms with Crippen LogP contribution in [-0.4, -0.2) is 37.5 Å². The van der Waals surface area contributed by atoms with E-state index in [2.05, 4.69) is 15.4 Å². The van der Waals surface area contributed by atoms with Gasteiger partial charge >= 0.3 is 6.09 Å². The fraction of sp³-hybridized carbons (Fsp3) is 0.294. The Morgan fingerprint density at radius 2 is 1.60 bits per heavy atom. The number of nitrogens with zero attached hydrogens (tertiary/aromatic N) is 3. The largest absolute Gasteiger partial charge is 0.465 e. The fourth-order valence-electron chi connectivity index (χ4n) is 3.54. The van der Waals surface area contributed by atoms with Crippen molar-refractivity contribution in [3.63, 3.8) is 0 Å². The first kappa shape index (κ1) is 16.8. The van der Waals surface area contributed by atoms with Gasteiger partial charge in [0.2, 0.25) is 0 Å². The second-order valence-electron chi connectivity index (χ2n) is 6.77. The molecule has 0 saturated heterocycles. The number of carbonyl (C=O) groups excluding carboxylic acids is 1. The van der Waals surface area contributed by atoms with E-state index in [0.29, 0.717) is 22.5 Å². The molecule has 2 amide bonds. The molecular weight excluding hydrogens is 322 g/mol. The third-order valence-corrected chi connectivity index (χ3v) is 4.28. The normalized spacial score (nSPS) is 14.4. The first-order chi connectivity index (χ1) is 11.8. The van der Waals surface area contributed by atoms with E-state index in [1.165, 1.54) is 0 Å². The van der Waals surface area contributed by atoms with Gasteiger partial charge in [0.25, 0.3) is 5.91 Å². The molecule has 1 aliphatic carbocycles. The first-order valence-electron chi connectivity index (χ1n) is 7.72. The topological polar surface area (TPSA) is 121 Å². The molecule has 2 aromatic heterocycles. The molecule has 0 aromatic carbocycles. The first-order valence-corrected chi connectivity index (χ1v) is 7.72. The Morgan fingerprint density at radius 1 is 1.12 bits per heavy atom. The Morgan fingerprint density at radius 3 is 1.96 bits per heavy atom. The Balaban J connectivity index is 2.49. The molecule has 0 aliphatic heterocycles. The van der Waals surface area contributed by atoms with Crippen LogP contribution in [0.15, 0.2) is 36.7 Å². The lowest BCUT2D eigenvalue weighted by Crippen LogP contribution is -2.64. The van der Waals surface area contributed by atoms with Crippen LogP contribution < -0.4 is 11.3 Å². The van der Waals surface area contributed by atoms with Gasteiger partial charge in [-0.15, -0.1) is 0 Å². The summed E-state index contributed by atoms with van der Waals surface area (Å²) in [6, 6.07) is 6.68. The Bertz CT molecular complexity index is 814. The van der Waals surface area contributed by atoms with Crippen molar-refractivity contribution in [3.05, 3.63) is 47.8 Å². The average molecular weight is 341 g/mol. The molecule has 0 radical (unpaired) electrons. The molecule has 2 heterocycles. The minimum Gasteiger partial charge on any atom is -0.465 e. The number of hydrazine groups is 1. The van der Waals surface area contributed by atoms with Gasteiger partial charge < -0.3 is 5.11 Å². The lowest BCUT2D eigenvalue weighted by Gasteiger charge is -2.46. The van der Waals surface area contributed by atoms with Crippen LogP contribution in [0.2, 0.25) is 0 Å². The maximum absolute atomic E-state index is 13.1. The summed E-state index contributed by atoms with van der Waals surface area (Å²) < 4.78 is 0. The zero-order valence-electron chi connectivity index (χ0n) is 14.1. The van der Waals surface area contributed by atoms with Gasteiger partial charge in [0.1, 0.15) is 0 Å². The van der Waals surface area contributed by atoms with E-state index in [0.717, 1.165) is 4.90 Å². The molecule has 2 aromatic rings. The molecule has 0 saturated carbocycles. The summed E-state index contributed by atoms with van der Waals surface area (Å²) >= 11 is 0. The second-order valence-corrected chi connectivity index (χ2v) is 6.77. The van der Waals surface area contributed by atoms with Gasteiger partial charge in [0.15, 0.2) is 5.54 Å². The maximum Gasteiger partial charge on any atom is 0.409 e. The number of nitrogens with one attached hydrogen (secondary N) is 1. The van der Waals surface area contributed by atoms with Crippen molar-refractivity contribution in [2.45, 2.75) is 31.8 Å². The van der Waals surface area contributed by atoms with E-state index in [1.54, 1.807) is 57.4 Å². The minimum absolute atomic E-state index is 0.434. The van der Waals surface area contributed by atoms with Gasteiger partial charge in [-0.1, -0.05) is 12.1 Å². The van der Waals surface area contributed by atoms with E-state index in [4.69, 9.17) is 5.84 Å². The van der Waals surface area contributed by atoms with Crippen molar-refractivity contribution in [1.29, 1.82) is 0 Å². The lowest BCUT2D eigenvalue weighted by molar-refractivity contribution is -0.133. The molecule has 8 nitrogen and oxygen atoms in total. The number of fused-ring (bicyclic) bond motifs is 3. The van der Waals surface area contributed by atoms with Gasteiger partial charge in [-0.3, -0.25) is 25.1 Å². The third-order valence-electron chi connectivity index (χ3n) is 4.28. The van der Waals surface area contributed by atoms with Gasteiger partial charge in [-0.2, -0.15) is 0 Å². The fourth-order valence-corrected chi connectivity index (χ4v) is 3.54. The number of aromatic nitrogens is 2. The summed E-state index contributed by atoms with van der Waals surface area (Å²) in [4.78, 5) is 35.1. The van der Waals surface area contributed by atoms with E-state index in [1.807, 2.05) is 0 Å². The number of nitrogens with two attached hydrogens (primary N) is 1. The summed E-state index contributed by atoms with van der Waals surface area (Å²) in [5.41, 5.74) is 1.37. The second kappa shape index (κ2) is 5.52. The van der Waals surface area contributed by atoms with Gasteiger partial charge in [0, 0.05) is 29.1 Å². The maximum atomic E-state index is 13.1. The number of amides is 2. The van der Waals surface area contributed by atoms with Crippen LogP contribution in [0.5, 0.6) is 0 Å².